The summed E-state index contributed by atoms with van der Waals surface area (Å²) in [6.45, 7) is 1.44. The van der Waals surface area contributed by atoms with Crippen LogP contribution in [0.1, 0.15) is 22.8 Å². The number of nitrogens with zero attached hydrogens (tertiary/aromatic N) is 1. The van der Waals surface area contributed by atoms with Gasteiger partial charge in [-0.3, -0.25) is 4.79 Å². The fraction of sp³-hybridized carbons (Fsp3) is 0.111. The van der Waals surface area contributed by atoms with Crippen molar-refractivity contribution in [3.8, 4) is 6.07 Å². The first-order valence-electron chi connectivity index (χ1n) is 3.47. The second-order valence-electron chi connectivity index (χ2n) is 2.45. The fourth-order valence-corrected chi connectivity index (χ4v) is 1.94. The van der Waals surface area contributed by atoms with Crippen LogP contribution in [-0.2, 0) is 0 Å². The highest BCUT2D eigenvalue weighted by atomic mass is 79.9. The Kier molecular flexibility index (Phi) is 3.23. The molecule has 0 aliphatic rings. The minimum absolute atomic E-state index is 0.121. The molecule has 13 heavy (non-hydrogen) atoms. The topological polar surface area (TPSA) is 40.9 Å². The summed E-state index contributed by atoms with van der Waals surface area (Å²) in [5.41, 5.74) is 0.819. The molecule has 0 unspecified atom stereocenters. The average Bonchev–Trinajstić information content (AvgIpc) is 2.08. The lowest BCUT2D eigenvalue weighted by Gasteiger charge is -2.04. The molecule has 0 amide bonds. The minimum atomic E-state index is -0.121. The van der Waals surface area contributed by atoms with E-state index < -0.39 is 0 Å². The summed E-state index contributed by atoms with van der Waals surface area (Å²) in [5, 5.41) is 8.74. The molecule has 1 aromatic carbocycles. The van der Waals surface area contributed by atoms with Crippen LogP contribution >= 0.6 is 31.9 Å². The second kappa shape index (κ2) is 4.03. The molecule has 0 aromatic heterocycles. The van der Waals surface area contributed by atoms with Crippen LogP contribution in [0.15, 0.2) is 21.1 Å². The van der Waals surface area contributed by atoms with Gasteiger partial charge in [0, 0.05) is 8.95 Å². The van der Waals surface area contributed by atoms with E-state index in [2.05, 4.69) is 31.9 Å². The van der Waals surface area contributed by atoms with Gasteiger partial charge in [0.15, 0.2) is 5.78 Å². The molecule has 0 saturated carbocycles. The highest BCUT2D eigenvalue weighted by molar-refractivity contribution is 9.13. The van der Waals surface area contributed by atoms with Gasteiger partial charge in [0.05, 0.1) is 17.2 Å². The maximum atomic E-state index is 11.2. The minimum Gasteiger partial charge on any atom is -0.294 e. The van der Waals surface area contributed by atoms with E-state index in [-0.39, 0.29) is 5.78 Å². The van der Waals surface area contributed by atoms with Crippen LogP contribution in [0.2, 0.25) is 0 Å². The number of carbonyl (C=O) groups is 1. The molecule has 0 aliphatic carbocycles. The summed E-state index contributed by atoms with van der Waals surface area (Å²) >= 11 is 6.52. The molecule has 0 aliphatic heterocycles. The fourth-order valence-electron chi connectivity index (χ4n) is 0.988. The van der Waals surface area contributed by atoms with Crippen molar-refractivity contribution in [2.75, 3.05) is 0 Å². The molecule has 0 spiro atoms. The summed E-state index contributed by atoms with van der Waals surface area (Å²) in [6.07, 6.45) is 0. The molecule has 4 heteroatoms. The van der Waals surface area contributed by atoms with Crippen molar-refractivity contribution in [2.24, 2.45) is 0 Å². The predicted octanol–water partition coefficient (Wildman–Crippen LogP) is 3.29. The molecule has 0 radical (unpaired) electrons. The van der Waals surface area contributed by atoms with Crippen molar-refractivity contribution in [1.82, 2.24) is 0 Å². The van der Waals surface area contributed by atoms with E-state index in [1.807, 2.05) is 6.07 Å². The van der Waals surface area contributed by atoms with E-state index in [9.17, 15) is 4.79 Å². The lowest BCUT2D eigenvalue weighted by atomic mass is 10.1. The molecular weight excluding hydrogens is 298 g/mol. The molecule has 0 saturated heterocycles. The maximum Gasteiger partial charge on any atom is 0.162 e. The Balaban J connectivity index is 3.53. The number of Topliss-reactive ketones (excluding diaryl/α,β-unsaturated/α-hetero) is 1. The number of hydrogen-bond acceptors (Lipinski definition) is 2. The zero-order chi connectivity index (χ0) is 10.0. The predicted molar refractivity (Wildman–Crippen MR) is 56.6 cm³/mol. The summed E-state index contributed by atoms with van der Waals surface area (Å²) in [7, 11) is 0. The van der Waals surface area contributed by atoms with Gasteiger partial charge in [-0.05, 0) is 50.9 Å². The number of ketones is 1. The molecule has 2 nitrogen and oxygen atoms in total. The Labute approximate surface area is 92.8 Å². The average molecular weight is 303 g/mol. The van der Waals surface area contributed by atoms with Gasteiger partial charge in [0.2, 0.25) is 0 Å². The summed E-state index contributed by atoms with van der Waals surface area (Å²) in [4.78, 5) is 11.2. The van der Waals surface area contributed by atoms with E-state index in [1.165, 1.54) is 6.92 Å². The lowest BCUT2D eigenvalue weighted by molar-refractivity contribution is 0.101. The first-order valence-corrected chi connectivity index (χ1v) is 5.05. The van der Waals surface area contributed by atoms with Crippen molar-refractivity contribution < 1.29 is 4.79 Å². The quantitative estimate of drug-likeness (QED) is 0.747. The van der Waals surface area contributed by atoms with Gasteiger partial charge in [-0.1, -0.05) is 0 Å². The van der Waals surface area contributed by atoms with Crippen LogP contribution < -0.4 is 0 Å². The van der Waals surface area contributed by atoms with Gasteiger partial charge in [0.1, 0.15) is 0 Å². The summed E-state index contributed by atoms with van der Waals surface area (Å²) < 4.78 is 1.41. The highest BCUT2D eigenvalue weighted by Gasteiger charge is 2.13. The number of hydrogen-bond donors (Lipinski definition) is 0. The summed E-state index contributed by atoms with van der Waals surface area (Å²) in [5.74, 6) is -0.121. The molecule has 0 heterocycles. The van der Waals surface area contributed by atoms with Crippen LogP contribution in [0, 0.1) is 11.3 Å². The zero-order valence-electron chi connectivity index (χ0n) is 6.77. The lowest BCUT2D eigenvalue weighted by Crippen LogP contribution is -1.98. The molecular formula is C9H5Br2NO. The Bertz CT molecular complexity index is 407. The number of halogens is 2. The summed E-state index contributed by atoms with van der Waals surface area (Å²) in [6, 6.07) is 5.32. The van der Waals surface area contributed by atoms with Gasteiger partial charge < -0.3 is 0 Å². The van der Waals surface area contributed by atoms with Crippen molar-refractivity contribution >= 4 is 37.6 Å². The van der Waals surface area contributed by atoms with Gasteiger partial charge in [0.25, 0.3) is 0 Å². The molecule has 0 fully saturated rings. The Morgan fingerprint density at radius 2 is 2.08 bits per heavy atom. The van der Waals surface area contributed by atoms with Crippen LogP contribution in [0.3, 0.4) is 0 Å². The third-order valence-corrected chi connectivity index (χ3v) is 3.58. The number of rotatable bonds is 1. The molecule has 0 N–H and O–H groups in total. The Hall–Kier alpha value is -0.660. The van der Waals surface area contributed by atoms with Gasteiger partial charge in [-0.25, -0.2) is 0 Å². The Morgan fingerprint density at radius 1 is 1.46 bits per heavy atom. The number of carbonyl (C=O) groups excluding carboxylic acids is 1. The Morgan fingerprint density at radius 3 is 2.54 bits per heavy atom. The molecule has 1 aromatic rings. The van der Waals surface area contributed by atoms with E-state index >= 15 is 0 Å². The molecule has 0 atom stereocenters. The van der Waals surface area contributed by atoms with Gasteiger partial charge in [-0.15, -0.1) is 0 Å². The molecule has 1 rings (SSSR count). The van der Waals surface area contributed by atoms with Crippen molar-refractivity contribution in [1.29, 1.82) is 5.26 Å². The molecule has 0 bridgehead atoms. The number of nitriles is 1. The standard InChI is InChI=1S/C9H5Br2NO/c1-5(13)8-6(4-12)2-3-7(10)9(8)11/h2-3H,1H3. The van der Waals surface area contributed by atoms with Crippen LogP contribution in [0.5, 0.6) is 0 Å². The second-order valence-corrected chi connectivity index (χ2v) is 4.10. The highest BCUT2D eigenvalue weighted by Crippen LogP contribution is 2.29. The zero-order valence-corrected chi connectivity index (χ0v) is 9.94. The normalized spacial score (nSPS) is 9.38. The largest absolute Gasteiger partial charge is 0.294 e. The van der Waals surface area contributed by atoms with E-state index in [0.29, 0.717) is 15.6 Å². The third-order valence-electron chi connectivity index (χ3n) is 1.57. The van der Waals surface area contributed by atoms with Crippen molar-refractivity contribution in [3.63, 3.8) is 0 Å². The van der Waals surface area contributed by atoms with Crippen LogP contribution in [-0.4, -0.2) is 5.78 Å². The first-order chi connectivity index (χ1) is 6.07. The first kappa shape index (κ1) is 10.4. The maximum absolute atomic E-state index is 11.2. The van der Waals surface area contributed by atoms with Gasteiger partial charge in [-0.2, -0.15) is 5.26 Å². The van der Waals surface area contributed by atoms with E-state index in [4.69, 9.17) is 5.26 Å². The smallest absolute Gasteiger partial charge is 0.162 e. The van der Waals surface area contributed by atoms with E-state index in [0.717, 1.165) is 4.47 Å². The SMILES string of the molecule is CC(=O)c1c(C#N)ccc(Br)c1Br. The third kappa shape index (κ3) is 1.98. The number of benzene rings is 1. The molecule has 66 valence electrons. The van der Waals surface area contributed by atoms with Crippen molar-refractivity contribution in [3.05, 3.63) is 32.2 Å². The van der Waals surface area contributed by atoms with Gasteiger partial charge >= 0.3 is 0 Å². The van der Waals surface area contributed by atoms with E-state index in [1.54, 1.807) is 12.1 Å². The monoisotopic (exact) mass is 301 g/mol. The van der Waals surface area contributed by atoms with Crippen LogP contribution in [0.4, 0.5) is 0 Å². The van der Waals surface area contributed by atoms with Crippen LogP contribution in [0.25, 0.3) is 0 Å². The van der Waals surface area contributed by atoms with Crippen molar-refractivity contribution in [2.45, 2.75) is 6.92 Å².